The molecule has 0 saturated heterocycles. The molecule has 1 heterocycles. The van der Waals surface area contributed by atoms with Crippen molar-refractivity contribution in [2.75, 3.05) is 0 Å². The zero-order valence-corrected chi connectivity index (χ0v) is 13.0. The van der Waals surface area contributed by atoms with Gasteiger partial charge >= 0.3 is 0 Å². The van der Waals surface area contributed by atoms with Gasteiger partial charge in [0.15, 0.2) is 0 Å². The smallest absolute Gasteiger partial charge is 0.0712 e. The molecule has 1 fully saturated rings. The molecule has 0 atom stereocenters. The van der Waals surface area contributed by atoms with Crippen LogP contribution in [0, 0.1) is 6.92 Å². The Hall–Kier alpha value is -2.15. The highest BCUT2D eigenvalue weighted by Gasteiger charge is 2.19. The lowest BCUT2D eigenvalue weighted by Crippen LogP contribution is -1.95. The summed E-state index contributed by atoms with van der Waals surface area (Å²) in [5.41, 5.74) is 6.17. The fourth-order valence-corrected chi connectivity index (χ4v) is 3.74. The summed E-state index contributed by atoms with van der Waals surface area (Å²) >= 11 is 0. The van der Waals surface area contributed by atoms with E-state index in [4.69, 9.17) is 4.98 Å². The number of fused-ring (bicyclic) bond motifs is 1. The molecule has 22 heavy (non-hydrogen) atoms. The number of benzene rings is 2. The van der Waals surface area contributed by atoms with Crippen LogP contribution in [0.15, 0.2) is 54.6 Å². The fourth-order valence-electron chi connectivity index (χ4n) is 3.74. The van der Waals surface area contributed by atoms with Gasteiger partial charge < -0.3 is 0 Å². The highest BCUT2D eigenvalue weighted by molar-refractivity contribution is 5.85. The van der Waals surface area contributed by atoms with Gasteiger partial charge in [0.25, 0.3) is 0 Å². The number of hydrogen-bond acceptors (Lipinski definition) is 1. The summed E-state index contributed by atoms with van der Waals surface area (Å²) < 4.78 is 0. The molecule has 0 spiro atoms. The zero-order valence-electron chi connectivity index (χ0n) is 13.0. The number of pyridine rings is 1. The molecule has 0 N–H and O–H groups in total. The van der Waals surface area contributed by atoms with E-state index in [2.05, 4.69) is 61.5 Å². The lowest BCUT2D eigenvalue weighted by Gasteiger charge is -2.13. The monoisotopic (exact) mass is 287 g/mol. The van der Waals surface area contributed by atoms with Gasteiger partial charge in [-0.2, -0.15) is 0 Å². The Morgan fingerprint density at radius 2 is 1.73 bits per heavy atom. The summed E-state index contributed by atoms with van der Waals surface area (Å²) in [6.45, 7) is 2.13. The van der Waals surface area contributed by atoms with E-state index in [1.54, 1.807) is 0 Å². The van der Waals surface area contributed by atoms with Crippen LogP contribution in [0.1, 0.15) is 42.7 Å². The van der Waals surface area contributed by atoms with E-state index in [0.29, 0.717) is 0 Å². The molecular weight excluding hydrogens is 266 g/mol. The van der Waals surface area contributed by atoms with Crippen molar-refractivity contribution in [1.82, 2.24) is 4.98 Å². The van der Waals surface area contributed by atoms with E-state index in [-0.39, 0.29) is 0 Å². The third-order valence-corrected chi connectivity index (χ3v) is 4.87. The Morgan fingerprint density at radius 3 is 2.55 bits per heavy atom. The molecule has 1 heteroatoms. The van der Waals surface area contributed by atoms with Crippen molar-refractivity contribution in [2.24, 2.45) is 0 Å². The van der Waals surface area contributed by atoms with E-state index in [9.17, 15) is 0 Å². The summed E-state index contributed by atoms with van der Waals surface area (Å²) in [6, 6.07) is 19.6. The minimum absolute atomic E-state index is 0.732. The largest absolute Gasteiger partial charge is 0.248 e. The third kappa shape index (κ3) is 2.41. The molecule has 110 valence electrons. The van der Waals surface area contributed by atoms with Crippen molar-refractivity contribution in [1.29, 1.82) is 0 Å². The first-order valence-corrected chi connectivity index (χ1v) is 8.28. The van der Waals surface area contributed by atoms with Crippen LogP contribution in [0.4, 0.5) is 0 Å². The van der Waals surface area contributed by atoms with Gasteiger partial charge in [-0.1, -0.05) is 54.8 Å². The van der Waals surface area contributed by atoms with Crippen LogP contribution in [-0.4, -0.2) is 4.98 Å². The topological polar surface area (TPSA) is 12.9 Å². The standard InChI is InChI=1S/C21H21N/c1-15-6-4-9-17(14-15)20-13-12-19-18(16-7-2-3-8-16)10-5-11-21(19)22-20/h4-6,9-14,16H,2-3,7-8H2,1H3. The molecule has 0 radical (unpaired) electrons. The average molecular weight is 287 g/mol. The average Bonchev–Trinajstić information content (AvgIpc) is 3.08. The normalized spacial score (nSPS) is 15.5. The predicted octanol–water partition coefficient (Wildman–Crippen LogP) is 5.87. The Labute approximate surface area is 132 Å². The summed E-state index contributed by atoms with van der Waals surface area (Å²) in [4.78, 5) is 4.92. The first kappa shape index (κ1) is 13.5. The molecular formula is C21H21N. The van der Waals surface area contributed by atoms with Crippen molar-refractivity contribution in [3.8, 4) is 11.3 Å². The van der Waals surface area contributed by atoms with Crippen molar-refractivity contribution < 1.29 is 0 Å². The van der Waals surface area contributed by atoms with Crippen LogP contribution >= 0.6 is 0 Å². The molecule has 1 aromatic heterocycles. The molecule has 4 rings (SSSR count). The van der Waals surface area contributed by atoms with E-state index in [1.807, 2.05) is 0 Å². The van der Waals surface area contributed by atoms with Crippen LogP contribution in [-0.2, 0) is 0 Å². The number of hydrogen-bond donors (Lipinski definition) is 0. The number of aromatic nitrogens is 1. The van der Waals surface area contributed by atoms with Crippen LogP contribution in [0.3, 0.4) is 0 Å². The number of aryl methyl sites for hydroxylation is 1. The van der Waals surface area contributed by atoms with Crippen molar-refractivity contribution >= 4 is 10.9 Å². The second-order valence-corrected chi connectivity index (χ2v) is 6.46. The Morgan fingerprint density at radius 1 is 0.909 bits per heavy atom. The van der Waals surface area contributed by atoms with Gasteiger partial charge in [-0.15, -0.1) is 0 Å². The maximum absolute atomic E-state index is 4.92. The molecule has 0 amide bonds. The minimum atomic E-state index is 0.732. The number of nitrogens with zero attached hydrogens (tertiary/aromatic N) is 1. The SMILES string of the molecule is Cc1cccc(-c2ccc3c(C4CCCC4)cccc3n2)c1. The Kier molecular flexibility index (Phi) is 3.42. The van der Waals surface area contributed by atoms with E-state index in [0.717, 1.165) is 17.1 Å². The summed E-state index contributed by atoms with van der Waals surface area (Å²) in [7, 11) is 0. The highest BCUT2D eigenvalue weighted by Crippen LogP contribution is 2.37. The molecule has 0 aliphatic heterocycles. The quantitative estimate of drug-likeness (QED) is 0.574. The molecule has 2 aromatic carbocycles. The van der Waals surface area contributed by atoms with Gasteiger partial charge in [0.1, 0.15) is 0 Å². The maximum atomic E-state index is 4.92. The first-order chi connectivity index (χ1) is 10.8. The van der Waals surface area contributed by atoms with Crippen LogP contribution in [0.5, 0.6) is 0 Å². The molecule has 1 aliphatic carbocycles. The van der Waals surface area contributed by atoms with Gasteiger partial charge in [0, 0.05) is 10.9 Å². The van der Waals surface area contributed by atoms with E-state index in [1.165, 1.54) is 47.8 Å². The third-order valence-electron chi connectivity index (χ3n) is 4.87. The lowest BCUT2D eigenvalue weighted by atomic mass is 9.93. The molecule has 1 saturated carbocycles. The predicted molar refractivity (Wildman–Crippen MR) is 93.1 cm³/mol. The van der Waals surface area contributed by atoms with Crippen LogP contribution in [0.2, 0.25) is 0 Å². The molecule has 0 unspecified atom stereocenters. The minimum Gasteiger partial charge on any atom is -0.248 e. The van der Waals surface area contributed by atoms with Gasteiger partial charge in [-0.05, 0) is 49.4 Å². The Bertz CT molecular complexity index is 813. The van der Waals surface area contributed by atoms with Crippen LogP contribution < -0.4 is 0 Å². The van der Waals surface area contributed by atoms with E-state index < -0.39 is 0 Å². The van der Waals surface area contributed by atoms with Gasteiger partial charge in [-0.3, -0.25) is 0 Å². The van der Waals surface area contributed by atoms with Crippen molar-refractivity contribution in [3.05, 3.63) is 65.7 Å². The molecule has 3 aromatic rings. The van der Waals surface area contributed by atoms with Gasteiger partial charge in [0.2, 0.25) is 0 Å². The van der Waals surface area contributed by atoms with Crippen molar-refractivity contribution in [2.45, 2.75) is 38.5 Å². The summed E-state index contributed by atoms with van der Waals surface area (Å²) in [6.07, 6.45) is 5.41. The Balaban J connectivity index is 1.81. The summed E-state index contributed by atoms with van der Waals surface area (Å²) in [5, 5.41) is 1.34. The van der Waals surface area contributed by atoms with Crippen LogP contribution in [0.25, 0.3) is 22.2 Å². The second-order valence-electron chi connectivity index (χ2n) is 6.46. The number of rotatable bonds is 2. The van der Waals surface area contributed by atoms with Crippen molar-refractivity contribution in [3.63, 3.8) is 0 Å². The highest BCUT2D eigenvalue weighted by atomic mass is 14.7. The zero-order chi connectivity index (χ0) is 14.9. The van der Waals surface area contributed by atoms with Gasteiger partial charge in [0.05, 0.1) is 11.2 Å². The summed E-state index contributed by atoms with van der Waals surface area (Å²) in [5.74, 6) is 0.732. The second kappa shape index (κ2) is 5.57. The molecule has 1 aliphatic rings. The molecule has 0 bridgehead atoms. The fraction of sp³-hybridized carbons (Fsp3) is 0.286. The molecule has 1 nitrogen and oxygen atoms in total. The lowest BCUT2D eigenvalue weighted by molar-refractivity contribution is 0.729. The first-order valence-electron chi connectivity index (χ1n) is 8.28. The maximum Gasteiger partial charge on any atom is 0.0712 e. The van der Waals surface area contributed by atoms with Gasteiger partial charge in [-0.25, -0.2) is 4.98 Å². The van der Waals surface area contributed by atoms with E-state index >= 15 is 0 Å².